The summed E-state index contributed by atoms with van der Waals surface area (Å²) >= 11 is 0. The second-order valence-electron chi connectivity index (χ2n) is 9.49. The number of imidazole rings is 1. The fourth-order valence-corrected chi connectivity index (χ4v) is 4.50. The van der Waals surface area contributed by atoms with E-state index in [1.807, 2.05) is 0 Å². The van der Waals surface area contributed by atoms with E-state index in [-0.39, 0.29) is 30.1 Å². The number of aromatic nitrogens is 4. The van der Waals surface area contributed by atoms with Crippen LogP contribution in [0.2, 0.25) is 0 Å². The zero-order valence-electron chi connectivity index (χ0n) is 20.8. The van der Waals surface area contributed by atoms with E-state index in [9.17, 15) is 45.6 Å². The fourth-order valence-electron chi connectivity index (χ4n) is 4.50. The first-order valence-electron chi connectivity index (χ1n) is 12.1. The normalized spacial score (nSPS) is 36.0. The average molecular weight is 560 g/mol. The lowest BCUT2D eigenvalue weighted by atomic mass is 9.98. The molecule has 4 heterocycles. The number of nitrogens with zero attached hydrogens (tertiary/aromatic N) is 4. The van der Waals surface area contributed by atoms with Crippen molar-refractivity contribution in [2.75, 3.05) is 25.6 Å². The molecule has 0 aromatic carbocycles. The topological polar surface area (TPSA) is 268 Å². The van der Waals surface area contributed by atoms with E-state index in [4.69, 9.17) is 19.9 Å². The van der Waals surface area contributed by atoms with Crippen molar-refractivity contribution in [2.45, 2.75) is 74.8 Å². The van der Waals surface area contributed by atoms with Crippen LogP contribution in [0.15, 0.2) is 22.8 Å². The fraction of sp³-hybridized carbons (Fsp3) is 0.682. The molecule has 10 N–H and O–H groups in total. The number of ether oxygens (including phenoxy) is 3. The van der Waals surface area contributed by atoms with Gasteiger partial charge in [0.1, 0.15) is 54.3 Å². The van der Waals surface area contributed by atoms with Crippen LogP contribution in [0, 0.1) is 0 Å². The Morgan fingerprint density at radius 1 is 1.00 bits per heavy atom. The highest BCUT2D eigenvalue weighted by molar-refractivity contribution is 5.82. The molecule has 17 nitrogen and oxygen atoms in total. The second-order valence-corrected chi connectivity index (χ2v) is 9.49. The van der Waals surface area contributed by atoms with Gasteiger partial charge in [0.2, 0.25) is 0 Å². The van der Waals surface area contributed by atoms with Gasteiger partial charge in [0.05, 0.1) is 26.1 Å². The van der Waals surface area contributed by atoms with Gasteiger partial charge in [-0.3, -0.25) is 9.13 Å². The summed E-state index contributed by atoms with van der Waals surface area (Å²) in [4.78, 5) is 20.7. The van der Waals surface area contributed by atoms with Gasteiger partial charge in [0, 0.05) is 6.54 Å². The van der Waals surface area contributed by atoms with Crippen molar-refractivity contribution in [1.29, 1.82) is 0 Å². The minimum absolute atomic E-state index is 0.0574. The molecule has 0 unspecified atom stereocenters. The molecule has 218 valence electrons. The minimum atomic E-state index is -1.65. The van der Waals surface area contributed by atoms with E-state index in [2.05, 4.69) is 9.97 Å². The summed E-state index contributed by atoms with van der Waals surface area (Å²) < 4.78 is 18.8. The largest absolute Gasteiger partial charge is 0.394 e. The number of nitrogens with two attached hydrogens (primary N) is 1. The number of fused-ring (bicyclic) bond motifs is 1. The van der Waals surface area contributed by atoms with E-state index in [1.165, 1.54) is 15.5 Å². The third-order valence-electron chi connectivity index (χ3n) is 6.81. The highest BCUT2D eigenvalue weighted by Crippen LogP contribution is 2.32. The summed E-state index contributed by atoms with van der Waals surface area (Å²) in [5, 5.41) is 79.4. The molecule has 10 atom stereocenters. The molecule has 2 aliphatic rings. The lowest BCUT2D eigenvalue weighted by Gasteiger charge is -2.40. The zero-order valence-corrected chi connectivity index (χ0v) is 20.8. The van der Waals surface area contributed by atoms with Crippen LogP contribution >= 0.6 is 0 Å². The highest BCUT2D eigenvalue weighted by Gasteiger charge is 2.45. The monoisotopic (exact) mass is 559 g/mol. The number of aliphatic hydroxyl groups excluding tert-OH is 8. The van der Waals surface area contributed by atoms with Crippen molar-refractivity contribution < 1.29 is 55.1 Å². The second kappa shape index (κ2) is 11.9. The van der Waals surface area contributed by atoms with Crippen LogP contribution in [0.3, 0.4) is 0 Å². The first kappa shape index (κ1) is 29.4. The molecular formula is C22H33N5O12. The van der Waals surface area contributed by atoms with Gasteiger partial charge >= 0.3 is 5.69 Å². The van der Waals surface area contributed by atoms with Gasteiger partial charge < -0.3 is 60.8 Å². The van der Waals surface area contributed by atoms with Gasteiger partial charge in [-0.25, -0.2) is 9.78 Å². The zero-order chi connectivity index (χ0) is 28.6. The Balaban J connectivity index is 1.53. The van der Waals surface area contributed by atoms with Gasteiger partial charge in [-0.15, -0.1) is 0 Å². The first-order chi connectivity index (χ1) is 18.5. The summed E-state index contributed by atoms with van der Waals surface area (Å²) in [6.45, 7) is 0.254. The number of nitrogen functional groups attached to an aromatic ring is 1. The predicted octanol–water partition coefficient (Wildman–Crippen LogP) is -5.09. The number of aliphatic hydroxyl groups is 8. The number of hydrogen-bond acceptors (Lipinski definition) is 15. The van der Waals surface area contributed by atoms with Crippen LogP contribution in [-0.4, -0.2) is 135 Å². The smallest absolute Gasteiger partial charge is 0.351 e. The molecule has 0 bridgehead atoms. The quantitative estimate of drug-likeness (QED) is 0.137. The van der Waals surface area contributed by atoms with E-state index in [0.29, 0.717) is 5.57 Å². The van der Waals surface area contributed by atoms with E-state index in [1.54, 1.807) is 13.0 Å². The summed E-state index contributed by atoms with van der Waals surface area (Å²) in [5.74, 6) is -0.229. The van der Waals surface area contributed by atoms with Crippen molar-refractivity contribution >= 4 is 17.0 Å². The van der Waals surface area contributed by atoms with E-state index >= 15 is 0 Å². The maximum Gasteiger partial charge on any atom is 0.351 e. The molecule has 0 saturated carbocycles. The van der Waals surface area contributed by atoms with Crippen molar-refractivity contribution in [2.24, 2.45) is 0 Å². The number of rotatable bonds is 8. The molecular weight excluding hydrogens is 526 g/mol. The van der Waals surface area contributed by atoms with Crippen LogP contribution in [0.5, 0.6) is 0 Å². The Hall–Kier alpha value is -2.55. The molecule has 0 aliphatic carbocycles. The van der Waals surface area contributed by atoms with Crippen molar-refractivity contribution in [3.63, 3.8) is 0 Å². The lowest BCUT2D eigenvalue weighted by Crippen LogP contribution is -2.59. The molecule has 2 saturated heterocycles. The van der Waals surface area contributed by atoms with Gasteiger partial charge in [0.15, 0.2) is 24.0 Å². The van der Waals surface area contributed by atoms with Crippen LogP contribution in [-0.2, 0) is 20.8 Å². The van der Waals surface area contributed by atoms with E-state index < -0.39 is 80.3 Å². The Kier molecular flexibility index (Phi) is 8.98. The number of anilines is 1. The van der Waals surface area contributed by atoms with Gasteiger partial charge in [-0.2, -0.15) is 4.98 Å². The molecule has 2 aliphatic heterocycles. The molecule has 39 heavy (non-hydrogen) atoms. The summed E-state index contributed by atoms with van der Waals surface area (Å²) in [7, 11) is 0. The first-order valence-corrected chi connectivity index (χ1v) is 12.1. The Labute approximate surface area is 220 Å². The SMILES string of the molecule is C/C(=C/Cn1c(=O)nc(N)c2c1ncn2[C@@H]1O[C@H](CO)[C@@H](O)[C@H](O)[C@H]1O)CO[C@@H]1O[C@H](CO)[C@@H](O)[C@H](O)[C@H]1O. The van der Waals surface area contributed by atoms with Gasteiger partial charge in [-0.05, 0) is 12.5 Å². The van der Waals surface area contributed by atoms with Crippen LogP contribution in [0.4, 0.5) is 5.82 Å². The average Bonchev–Trinajstić information content (AvgIpc) is 3.35. The maximum absolute atomic E-state index is 12.6. The summed E-state index contributed by atoms with van der Waals surface area (Å²) in [5.41, 5.74) is 5.98. The summed E-state index contributed by atoms with van der Waals surface area (Å²) in [6.07, 6.45) is -11.6. The number of hydrogen-bond donors (Lipinski definition) is 9. The Morgan fingerprint density at radius 2 is 1.62 bits per heavy atom. The molecule has 2 aromatic rings. The standard InChI is InChI=1S/C22H33N5O12/c1-8(6-37-21-17(35)15(33)13(31)10(5-29)39-21)2-3-26-19-11(18(23)25-22(26)36)27(7-24-19)20-16(34)14(32)12(30)9(4-28)38-20/h2,7,9-10,12-17,20-21,28-35H,3-6H2,1H3,(H2,23,25,36)/b8-2-/t9-,10-,12-,13-,14+,15+,16-,17-,20-,21-/m1/s1. The van der Waals surface area contributed by atoms with Crippen molar-refractivity contribution in [1.82, 2.24) is 19.1 Å². The van der Waals surface area contributed by atoms with Gasteiger partial charge in [0.25, 0.3) is 0 Å². The Bertz CT molecular complexity index is 1230. The minimum Gasteiger partial charge on any atom is -0.394 e. The molecule has 0 radical (unpaired) electrons. The molecule has 17 heteroatoms. The van der Waals surface area contributed by atoms with Crippen LogP contribution in [0.25, 0.3) is 11.2 Å². The number of allylic oxidation sites excluding steroid dienone is 1. The molecule has 2 fully saturated rings. The van der Waals surface area contributed by atoms with Crippen molar-refractivity contribution in [3.05, 3.63) is 28.5 Å². The van der Waals surface area contributed by atoms with Crippen molar-refractivity contribution in [3.8, 4) is 0 Å². The molecule has 4 rings (SSSR count). The highest BCUT2D eigenvalue weighted by atomic mass is 16.7. The molecule has 0 amide bonds. The molecule has 2 aromatic heterocycles. The summed E-state index contributed by atoms with van der Waals surface area (Å²) in [6, 6.07) is 0. The van der Waals surface area contributed by atoms with Gasteiger partial charge in [-0.1, -0.05) is 6.08 Å². The molecule has 0 spiro atoms. The van der Waals surface area contributed by atoms with E-state index in [0.717, 1.165) is 0 Å². The predicted molar refractivity (Wildman–Crippen MR) is 129 cm³/mol. The lowest BCUT2D eigenvalue weighted by molar-refractivity contribution is -0.299. The maximum atomic E-state index is 12.6. The third kappa shape index (κ3) is 5.56. The Morgan fingerprint density at radius 3 is 2.26 bits per heavy atom. The third-order valence-corrected chi connectivity index (χ3v) is 6.81. The van der Waals surface area contributed by atoms with Crippen LogP contribution < -0.4 is 11.4 Å². The van der Waals surface area contributed by atoms with Crippen LogP contribution in [0.1, 0.15) is 13.2 Å².